The number of nitro groups is 1. The summed E-state index contributed by atoms with van der Waals surface area (Å²) in [7, 11) is -2.76. The molecule has 10 heteroatoms. The quantitative estimate of drug-likeness (QED) is 0.598. The first-order chi connectivity index (χ1) is 9.66. The van der Waals surface area contributed by atoms with Gasteiger partial charge in [0.25, 0.3) is 5.69 Å². The Labute approximate surface area is 126 Å². The molecule has 1 N–H and O–H groups in total. The number of nitro benzene ring substituents is 1. The van der Waals surface area contributed by atoms with E-state index in [2.05, 4.69) is 0 Å². The van der Waals surface area contributed by atoms with Crippen molar-refractivity contribution in [2.75, 3.05) is 13.6 Å². The largest absolute Gasteiger partial charge is 0.481 e. The molecule has 1 rings (SSSR count). The zero-order valence-corrected chi connectivity index (χ0v) is 12.6. The monoisotopic (exact) mass is 336 g/mol. The molecule has 0 spiro atoms. The van der Waals surface area contributed by atoms with Crippen LogP contribution in [0.15, 0.2) is 23.1 Å². The van der Waals surface area contributed by atoms with Gasteiger partial charge in [0.1, 0.15) is 4.90 Å². The fourth-order valence-corrected chi connectivity index (χ4v) is 3.24. The Hall–Kier alpha value is -1.71. The Balaban J connectivity index is 3.04. The van der Waals surface area contributed by atoms with Gasteiger partial charge < -0.3 is 5.11 Å². The molecular formula is C11H13ClN2O6S. The number of carboxylic acids is 1. The predicted octanol–water partition coefficient (Wildman–Crippen LogP) is 1.73. The van der Waals surface area contributed by atoms with Crippen LogP contribution in [0.4, 0.5) is 5.69 Å². The number of benzene rings is 1. The maximum Gasteiger partial charge on any atom is 0.303 e. The van der Waals surface area contributed by atoms with Crippen LogP contribution in [-0.2, 0) is 14.8 Å². The van der Waals surface area contributed by atoms with Crippen molar-refractivity contribution in [2.45, 2.75) is 17.7 Å². The Morgan fingerprint density at radius 3 is 2.62 bits per heavy atom. The minimum Gasteiger partial charge on any atom is -0.481 e. The highest BCUT2D eigenvalue weighted by Gasteiger charge is 2.25. The van der Waals surface area contributed by atoms with E-state index < -0.39 is 26.6 Å². The van der Waals surface area contributed by atoms with Crippen LogP contribution in [0.25, 0.3) is 0 Å². The SMILES string of the molecule is CN(CCCC(=O)O)S(=O)(=O)c1cc([N+](=O)[O-])ccc1Cl. The molecule has 0 radical (unpaired) electrons. The Kier molecular flexibility index (Phi) is 5.64. The maximum absolute atomic E-state index is 12.3. The number of sulfonamides is 1. The lowest BCUT2D eigenvalue weighted by atomic mass is 10.3. The molecule has 0 aromatic heterocycles. The molecule has 0 unspecified atom stereocenters. The van der Waals surface area contributed by atoms with Gasteiger partial charge in [0.15, 0.2) is 0 Å². The molecule has 1 aromatic carbocycles. The van der Waals surface area contributed by atoms with Gasteiger partial charge in [0.05, 0.1) is 9.95 Å². The minimum atomic E-state index is -4.02. The van der Waals surface area contributed by atoms with E-state index in [1.54, 1.807) is 0 Å². The summed E-state index contributed by atoms with van der Waals surface area (Å²) < 4.78 is 25.5. The molecule has 0 amide bonds. The number of hydrogen-bond donors (Lipinski definition) is 1. The number of rotatable bonds is 7. The molecule has 21 heavy (non-hydrogen) atoms. The molecule has 0 saturated heterocycles. The second-order valence-electron chi connectivity index (χ2n) is 4.20. The van der Waals surface area contributed by atoms with E-state index in [9.17, 15) is 23.3 Å². The molecule has 0 aliphatic rings. The van der Waals surface area contributed by atoms with Gasteiger partial charge in [-0.05, 0) is 12.5 Å². The summed E-state index contributed by atoms with van der Waals surface area (Å²) in [6, 6.07) is 3.12. The number of non-ortho nitro benzene ring substituents is 1. The van der Waals surface area contributed by atoms with Crippen molar-refractivity contribution < 1.29 is 23.2 Å². The third-order valence-corrected chi connectivity index (χ3v) is 5.02. The molecule has 0 atom stereocenters. The van der Waals surface area contributed by atoms with E-state index in [1.807, 2.05) is 0 Å². The van der Waals surface area contributed by atoms with Gasteiger partial charge in [-0.3, -0.25) is 14.9 Å². The van der Waals surface area contributed by atoms with Crippen LogP contribution in [0.3, 0.4) is 0 Å². The van der Waals surface area contributed by atoms with E-state index in [0.717, 1.165) is 22.5 Å². The number of nitrogens with zero attached hydrogens (tertiary/aromatic N) is 2. The van der Waals surface area contributed by atoms with Crippen LogP contribution in [0.5, 0.6) is 0 Å². The Morgan fingerprint density at radius 2 is 2.10 bits per heavy atom. The summed E-state index contributed by atoms with van der Waals surface area (Å²) in [5.41, 5.74) is -0.392. The molecule has 116 valence electrons. The highest BCUT2D eigenvalue weighted by molar-refractivity contribution is 7.89. The van der Waals surface area contributed by atoms with Gasteiger partial charge in [-0.2, -0.15) is 0 Å². The summed E-state index contributed by atoms with van der Waals surface area (Å²) in [5, 5.41) is 19.1. The lowest BCUT2D eigenvalue weighted by Crippen LogP contribution is -2.28. The van der Waals surface area contributed by atoms with E-state index in [1.165, 1.54) is 7.05 Å². The fourth-order valence-electron chi connectivity index (χ4n) is 1.54. The summed E-state index contributed by atoms with van der Waals surface area (Å²) in [6.45, 7) is -0.0341. The molecule has 0 heterocycles. The zero-order chi connectivity index (χ0) is 16.2. The molecule has 8 nitrogen and oxygen atoms in total. The first-order valence-corrected chi connectivity index (χ1v) is 7.60. The second kappa shape index (κ2) is 6.83. The van der Waals surface area contributed by atoms with Crippen LogP contribution in [0.2, 0.25) is 5.02 Å². The number of halogens is 1. The van der Waals surface area contributed by atoms with Gasteiger partial charge in [0.2, 0.25) is 10.0 Å². The van der Waals surface area contributed by atoms with Crippen molar-refractivity contribution in [3.05, 3.63) is 33.3 Å². The van der Waals surface area contributed by atoms with Crippen molar-refractivity contribution in [3.8, 4) is 0 Å². The van der Waals surface area contributed by atoms with Gasteiger partial charge in [-0.15, -0.1) is 0 Å². The molecule has 0 saturated carbocycles. The second-order valence-corrected chi connectivity index (χ2v) is 6.62. The predicted molar refractivity (Wildman–Crippen MR) is 74.8 cm³/mol. The Bertz CT molecular complexity index is 661. The molecule has 1 aromatic rings. The summed E-state index contributed by atoms with van der Waals surface area (Å²) in [6.07, 6.45) is -0.0554. The normalized spacial score (nSPS) is 11.6. The topological polar surface area (TPSA) is 118 Å². The first kappa shape index (κ1) is 17.3. The highest BCUT2D eigenvalue weighted by Crippen LogP contribution is 2.28. The summed E-state index contributed by atoms with van der Waals surface area (Å²) in [4.78, 5) is 20.0. The van der Waals surface area contributed by atoms with Gasteiger partial charge in [-0.1, -0.05) is 11.6 Å². The maximum atomic E-state index is 12.3. The van der Waals surface area contributed by atoms with Gasteiger partial charge >= 0.3 is 5.97 Å². The van der Waals surface area contributed by atoms with Crippen LogP contribution in [0, 0.1) is 10.1 Å². The lowest BCUT2D eigenvalue weighted by molar-refractivity contribution is -0.385. The van der Waals surface area contributed by atoms with E-state index in [0.29, 0.717) is 0 Å². The van der Waals surface area contributed by atoms with Gasteiger partial charge in [0, 0.05) is 32.1 Å². The fraction of sp³-hybridized carbons (Fsp3) is 0.364. The lowest BCUT2D eigenvalue weighted by Gasteiger charge is -2.17. The van der Waals surface area contributed by atoms with Crippen LogP contribution >= 0.6 is 11.6 Å². The average Bonchev–Trinajstić information content (AvgIpc) is 2.37. The zero-order valence-electron chi connectivity index (χ0n) is 11.0. The summed E-state index contributed by atoms with van der Waals surface area (Å²) in [5.74, 6) is -1.03. The van der Waals surface area contributed by atoms with Crippen molar-refractivity contribution in [2.24, 2.45) is 0 Å². The van der Waals surface area contributed by atoms with Crippen LogP contribution < -0.4 is 0 Å². The van der Waals surface area contributed by atoms with Crippen molar-refractivity contribution in [3.63, 3.8) is 0 Å². The molecule has 0 aliphatic carbocycles. The molecule has 0 aliphatic heterocycles. The van der Waals surface area contributed by atoms with E-state index in [4.69, 9.17) is 16.7 Å². The Morgan fingerprint density at radius 1 is 1.48 bits per heavy atom. The number of carbonyl (C=O) groups is 1. The van der Waals surface area contributed by atoms with Crippen LogP contribution in [0.1, 0.15) is 12.8 Å². The minimum absolute atomic E-state index is 0.0341. The standard InChI is InChI=1S/C11H13ClN2O6S/c1-13(6-2-3-11(15)16)21(19,20)10-7-8(14(17)18)4-5-9(10)12/h4-5,7H,2-3,6H2,1H3,(H,15,16). The van der Waals surface area contributed by atoms with E-state index >= 15 is 0 Å². The van der Waals surface area contributed by atoms with Gasteiger partial charge in [-0.25, -0.2) is 12.7 Å². The highest BCUT2D eigenvalue weighted by atomic mass is 35.5. The van der Waals surface area contributed by atoms with E-state index in [-0.39, 0.29) is 29.3 Å². The molecule has 0 fully saturated rings. The summed E-state index contributed by atoms with van der Waals surface area (Å²) >= 11 is 5.79. The number of carboxylic acid groups (broad SMARTS) is 1. The smallest absolute Gasteiger partial charge is 0.303 e. The third-order valence-electron chi connectivity index (χ3n) is 2.68. The molecular weight excluding hydrogens is 324 g/mol. The van der Waals surface area contributed by atoms with Crippen molar-refractivity contribution >= 4 is 33.3 Å². The van der Waals surface area contributed by atoms with Crippen molar-refractivity contribution in [1.82, 2.24) is 4.31 Å². The van der Waals surface area contributed by atoms with Crippen LogP contribution in [-0.4, -0.2) is 42.3 Å². The number of aliphatic carboxylic acids is 1. The first-order valence-electron chi connectivity index (χ1n) is 5.78. The number of hydrogen-bond acceptors (Lipinski definition) is 5. The third kappa shape index (κ3) is 4.38. The van der Waals surface area contributed by atoms with Crippen molar-refractivity contribution in [1.29, 1.82) is 0 Å². The average molecular weight is 337 g/mol. The molecule has 0 bridgehead atoms.